The van der Waals surface area contributed by atoms with Gasteiger partial charge in [-0.05, 0) is 18.6 Å². The number of para-hydroxylation sites is 2. The van der Waals surface area contributed by atoms with Gasteiger partial charge in [-0.25, -0.2) is 9.78 Å². The second-order valence-electron chi connectivity index (χ2n) is 7.67. The second kappa shape index (κ2) is 8.85. The number of nitrogens with zero attached hydrogens (tertiary/aromatic N) is 4. The van der Waals surface area contributed by atoms with Crippen molar-refractivity contribution in [2.45, 2.75) is 65.1 Å². The summed E-state index contributed by atoms with van der Waals surface area (Å²) in [5.41, 5.74) is 2.01. The van der Waals surface area contributed by atoms with Crippen molar-refractivity contribution in [3.8, 4) is 0 Å². The molecule has 0 spiro atoms. The topological polar surface area (TPSA) is 94.0 Å². The maximum absolute atomic E-state index is 10.6. The van der Waals surface area contributed by atoms with Crippen LogP contribution in [0.1, 0.15) is 64.6 Å². The number of benzene rings is 1. The lowest BCUT2D eigenvalue weighted by Crippen LogP contribution is -2.21. The van der Waals surface area contributed by atoms with Crippen LogP contribution in [-0.4, -0.2) is 36.9 Å². The number of hydrogen-bond acceptors (Lipinski definition) is 5. The normalized spacial score (nSPS) is 13.1. The van der Waals surface area contributed by atoms with Crippen LogP contribution in [0.3, 0.4) is 0 Å². The molecular weight excluding hydrogens is 401 g/mol. The minimum absolute atomic E-state index is 0.0148. The first-order chi connectivity index (χ1) is 13.9. The van der Waals surface area contributed by atoms with Gasteiger partial charge in [0.25, 0.3) is 0 Å². The maximum Gasteiger partial charge on any atom is 0.490 e. The fourth-order valence-electron chi connectivity index (χ4n) is 2.83. The predicted molar refractivity (Wildman–Crippen MR) is 104 cm³/mol. The summed E-state index contributed by atoms with van der Waals surface area (Å²) >= 11 is 0. The average molecular weight is 426 g/mol. The molecule has 10 heteroatoms. The number of rotatable bonds is 4. The lowest BCUT2D eigenvalue weighted by Gasteiger charge is -2.16. The van der Waals surface area contributed by atoms with E-state index in [0.29, 0.717) is 5.89 Å². The molecule has 3 rings (SSSR count). The maximum atomic E-state index is 10.6. The van der Waals surface area contributed by atoms with E-state index in [4.69, 9.17) is 19.4 Å². The van der Waals surface area contributed by atoms with E-state index >= 15 is 0 Å². The molecule has 2 heterocycles. The number of hydrogen-bond donors (Lipinski definition) is 1. The minimum atomic E-state index is -5.08. The molecule has 3 aromatic rings. The van der Waals surface area contributed by atoms with Gasteiger partial charge in [0.1, 0.15) is 11.9 Å². The van der Waals surface area contributed by atoms with Crippen molar-refractivity contribution < 1.29 is 27.6 Å². The number of fused-ring (bicyclic) bond motifs is 1. The van der Waals surface area contributed by atoms with Crippen LogP contribution in [0.25, 0.3) is 11.0 Å². The highest BCUT2D eigenvalue weighted by Crippen LogP contribution is 2.29. The average Bonchev–Trinajstić information content (AvgIpc) is 3.28. The van der Waals surface area contributed by atoms with E-state index in [0.717, 1.165) is 35.5 Å². The number of imidazole rings is 1. The summed E-state index contributed by atoms with van der Waals surface area (Å²) in [5.74, 6) is -0.301. The zero-order valence-corrected chi connectivity index (χ0v) is 17.5. The first-order valence-corrected chi connectivity index (χ1v) is 9.50. The van der Waals surface area contributed by atoms with Crippen LogP contribution in [0.4, 0.5) is 13.2 Å². The van der Waals surface area contributed by atoms with E-state index in [1.54, 1.807) is 0 Å². The molecule has 1 aromatic carbocycles. The summed E-state index contributed by atoms with van der Waals surface area (Å²) in [5, 5.41) is 11.3. The summed E-state index contributed by atoms with van der Waals surface area (Å²) in [4.78, 5) is 18.3. The molecule has 0 fully saturated rings. The van der Waals surface area contributed by atoms with E-state index in [2.05, 4.69) is 55.4 Å². The third-order valence-corrected chi connectivity index (χ3v) is 4.32. The first-order valence-electron chi connectivity index (χ1n) is 9.50. The summed E-state index contributed by atoms with van der Waals surface area (Å²) in [6.45, 7) is 10.5. The Labute approximate surface area is 171 Å². The van der Waals surface area contributed by atoms with Crippen LogP contribution in [-0.2, 0) is 16.6 Å². The molecule has 1 unspecified atom stereocenters. The van der Waals surface area contributed by atoms with E-state index < -0.39 is 12.1 Å². The van der Waals surface area contributed by atoms with E-state index in [9.17, 15) is 13.2 Å². The summed E-state index contributed by atoms with van der Waals surface area (Å²) in [6.07, 6.45) is -3.34. The molecule has 0 saturated carbocycles. The van der Waals surface area contributed by atoms with Gasteiger partial charge in [0.05, 0.1) is 11.0 Å². The third kappa shape index (κ3) is 5.17. The van der Waals surface area contributed by atoms with Gasteiger partial charge in [0, 0.05) is 11.8 Å². The number of carboxylic acids is 1. The van der Waals surface area contributed by atoms with Gasteiger partial charge in [-0.15, -0.1) is 0 Å². The molecule has 1 N–H and O–H groups in total. The highest BCUT2D eigenvalue weighted by atomic mass is 19.4. The lowest BCUT2D eigenvalue weighted by molar-refractivity contribution is -0.192. The number of aryl methyl sites for hydroxylation is 1. The molecule has 0 aliphatic carbocycles. The van der Waals surface area contributed by atoms with E-state index in [-0.39, 0.29) is 11.5 Å². The molecule has 0 amide bonds. The van der Waals surface area contributed by atoms with Gasteiger partial charge < -0.3 is 14.2 Å². The van der Waals surface area contributed by atoms with Crippen LogP contribution in [0.15, 0.2) is 28.8 Å². The van der Waals surface area contributed by atoms with Gasteiger partial charge in [-0.1, -0.05) is 51.9 Å². The predicted octanol–water partition coefficient (Wildman–Crippen LogP) is 4.91. The SMILES string of the molecule is CCc1nc2ccccc2n1C(CC)c1nc(C(C)(C)C)no1.O=C(O)C(F)(F)F. The summed E-state index contributed by atoms with van der Waals surface area (Å²) in [7, 11) is 0. The number of alkyl halides is 3. The van der Waals surface area contributed by atoms with Crippen LogP contribution >= 0.6 is 0 Å². The van der Waals surface area contributed by atoms with Crippen LogP contribution < -0.4 is 0 Å². The van der Waals surface area contributed by atoms with E-state index in [1.165, 1.54) is 0 Å². The number of aromatic nitrogens is 4. The monoisotopic (exact) mass is 426 g/mol. The van der Waals surface area contributed by atoms with Crippen molar-refractivity contribution in [1.29, 1.82) is 0 Å². The van der Waals surface area contributed by atoms with Crippen LogP contribution in [0.2, 0.25) is 0 Å². The molecule has 0 bridgehead atoms. The van der Waals surface area contributed by atoms with Crippen molar-refractivity contribution >= 4 is 17.0 Å². The molecule has 164 valence electrons. The van der Waals surface area contributed by atoms with Gasteiger partial charge in [-0.3, -0.25) is 0 Å². The Morgan fingerprint density at radius 2 is 1.77 bits per heavy atom. The Balaban J connectivity index is 0.000000396. The Hall–Kier alpha value is -2.91. The highest BCUT2D eigenvalue weighted by Gasteiger charge is 2.38. The Kier molecular flexibility index (Phi) is 6.89. The summed E-state index contributed by atoms with van der Waals surface area (Å²) < 4.78 is 39.6. The molecule has 0 aliphatic heterocycles. The zero-order valence-electron chi connectivity index (χ0n) is 17.5. The number of aliphatic carboxylic acids is 1. The molecule has 0 saturated heterocycles. The molecule has 0 radical (unpaired) electrons. The van der Waals surface area contributed by atoms with Gasteiger partial charge in [0.15, 0.2) is 5.82 Å². The van der Waals surface area contributed by atoms with Gasteiger partial charge in [0.2, 0.25) is 5.89 Å². The quantitative estimate of drug-likeness (QED) is 0.637. The second-order valence-corrected chi connectivity index (χ2v) is 7.67. The molecular formula is C20H25F3N4O3. The summed E-state index contributed by atoms with van der Waals surface area (Å²) in [6, 6.07) is 8.23. The van der Waals surface area contributed by atoms with E-state index in [1.807, 2.05) is 18.2 Å². The number of carbonyl (C=O) groups is 1. The van der Waals surface area contributed by atoms with Crippen molar-refractivity contribution in [2.24, 2.45) is 0 Å². The molecule has 0 aliphatic rings. The molecule has 7 nitrogen and oxygen atoms in total. The fraction of sp³-hybridized carbons (Fsp3) is 0.500. The van der Waals surface area contributed by atoms with Crippen molar-refractivity contribution in [2.75, 3.05) is 0 Å². The number of halogens is 3. The molecule has 1 atom stereocenters. The molecule has 30 heavy (non-hydrogen) atoms. The largest absolute Gasteiger partial charge is 0.490 e. The Morgan fingerprint density at radius 3 is 2.23 bits per heavy atom. The van der Waals surface area contributed by atoms with Crippen molar-refractivity contribution in [3.63, 3.8) is 0 Å². The zero-order chi connectivity index (χ0) is 22.7. The van der Waals surface area contributed by atoms with Gasteiger partial charge >= 0.3 is 12.1 Å². The standard InChI is InChI=1S/C18H24N4O.C2HF3O2/c1-6-13(16-20-17(21-23-16)18(3,4)5)22-14-11-9-8-10-12(14)19-15(22)7-2;3-2(4,5)1(6)7/h8-11,13H,6-7H2,1-5H3;(H,6,7). The third-order valence-electron chi connectivity index (χ3n) is 4.32. The van der Waals surface area contributed by atoms with Crippen molar-refractivity contribution in [1.82, 2.24) is 19.7 Å². The first kappa shape index (κ1) is 23.4. The Morgan fingerprint density at radius 1 is 1.17 bits per heavy atom. The van der Waals surface area contributed by atoms with Crippen LogP contribution in [0.5, 0.6) is 0 Å². The van der Waals surface area contributed by atoms with Crippen molar-refractivity contribution in [3.05, 3.63) is 41.8 Å². The smallest absolute Gasteiger partial charge is 0.475 e. The number of carboxylic acid groups (broad SMARTS) is 1. The van der Waals surface area contributed by atoms with Crippen LogP contribution in [0, 0.1) is 0 Å². The minimum Gasteiger partial charge on any atom is -0.475 e. The Bertz CT molecular complexity index is 1000. The fourth-order valence-corrected chi connectivity index (χ4v) is 2.83. The highest BCUT2D eigenvalue weighted by molar-refractivity contribution is 5.76. The lowest BCUT2D eigenvalue weighted by atomic mass is 9.96. The molecule has 2 aromatic heterocycles. The van der Waals surface area contributed by atoms with Gasteiger partial charge in [-0.2, -0.15) is 18.2 Å².